The van der Waals surface area contributed by atoms with Gasteiger partial charge in [-0.3, -0.25) is 9.89 Å². The van der Waals surface area contributed by atoms with Gasteiger partial charge in [0.1, 0.15) is 0 Å². The molecule has 1 saturated carbocycles. The summed E-state index contributed by atoms with van der Waals surface area (Å²) in [6, 6.07) is 5.10. The first kappa shape index (κ1) is 25.1. The zero-order valence-electron chi connectivity index (χ0n) is 18.5. The second kappa shape index (κ2) is 11.5. The average Bonchev–Trinajstić information content (AvgIpc) is 3.55. The smallest absolute Gasteiger partial charge is 0.191 e. The predicted octanol–water partition coefficient (Wildman–Crippen LogP) is 3.57. The molecule has 1 aliphatic heterocycles. The van der Waals surface area contributed by atoms with E-state index in [1.807, 2.05) is 13.0 Å². The Hall–Kier alpha value is -1.13. The number of rotatable bonds is 8. The molecular formula is C22H36FIN4O2. The normalized spacial score (nSPS) is 19.0. The van der Waals surface area contributed by atoms with Gasteiger partial charge in [0.25, 0.3) is 0 Å². The molecule has 0 radical (unpaired) electrons. The molecule has 2 N–H and O–H groups in total. The van der Waals surface area contributed by atoms with Crippen molar-refractivity contribution < 1.29 is 13.9 Å². The Morgan fingerprint density at radius 3 is 2.63 bits per heavy atom. The molecular weight excluding hydrogens is 498 g/mol. The van der Waals surface area contributed by atoms with Crippen molar-refractivity contribution in [1.82, 2.24) is 15.5 Å². The Kier molecular flexibility index (Phi) is 9.62. The van der Waals surface area contributed by atoms with Gasteiger partial charge in [0.2, 0.25) is 0 Å². The number of nitrogens with one attached hydrogen (secondary N) is 2. The third-order valence-corrected chi connectivity index (χ3v) is 5.76. The first-order valence-corrected chi connectivity index (χ1v) is 10.6. The van der Waals surface area contributed by atoms with Crippen molar-refractivity contribution in [1.29, 1.82) is 0 Å². The number of morpholine rings is 1. The van der Waals surface area contributed by atoms with Gasteiger partial charge in [-0.25, -0.2) is 4.39 Å². The van der Waals surface area contributed by atoms with Crippen molar-refractivity contribution in [3.63, 3.8) is 0 Å². The van der Waals surface area contributed by atoms with Gasteiger partial charge >= 0.3 is 0 Å². The summed E-state index contributed by atoms with van der Waals surface area (Å²) in [5.41, 5.74) is 0.841. The van der Waals surface area contributed by atoms with Crippen molar-refractivity contribution in [2.24, 2.45) is 10.9 Å². The number of halogens is 2. The average molecular weight is 534 g/mol. The van der Waals surface area contributed by atoms with Crippen molar-refractivity contribution in [2.45, 2.75) is 45.2 Å². The van der Waals surface area contributed by atoms with E-state index in [0.29, 0.717) is 24.2 Å². The molecule has 0 bridgehead atoms. The van der Waals surface area contributed by atoms with Crippen LogP contribution in [0.25, 0.3) is 0 Å². The summed E-state index contributed by atoms with van der Waals surface area (Å²) >= 11 is 0. The summed E-state index contributed by atoms with van der Waals surface area (Å²) in [5, 5.41) is 6.76. The summed E-state index contributed by atoms with van der Waals surface area (Å²) in [4.78, 5) is 6.76. The van der Waals surface area contributed by atoms with E-state index in [0.717, 1.165) is 38.4 Å². The van der Waals surface area contributed by atoms with Crippen LogP contribution in [0.15, 0.2) is 23.2 Å². The van der Waals surface area contributed by atoms with E-state index in [4.69, 9.17) is 9.47 Å². The van der Waals surface area contributed by atoms with E-state index in [9.17, 15) is 4.39 Å². The summed E-state index contributed by atoms with van der Waals surface area (Å²) in [6.07, 6.45) is 2.38. The minimum atomic E-state index is -0.312. The highest BCUT2D eigenvalue weighted by Gasteiger charge is 2.28. The van der Waals surface area contributed by atoms with Crippen LogP contribution in [0.4, 0.5) is 4.39 Å². The molecule has 170 valence electrons. The van der Waals surface area contributed by atoms with E-state index >= 15 is 0 Å². The molecule has 2 aliphatic rings. The van der Waals surface area contributed by atoms with Gasteiger partial charge in [0.15, 0.2) is 17.5 Å². The minimum Gasteiger partial charge on any atom is -0.490 e. The summed E-state index contributed by atoms with van der Waals surface area (Å²) < 4.78 is 25.4. The molecule has 0 aromatic heterocycles. The number of benzene rings is 1. The summed E-state index contributed by atoms with van der Waals surface area (Å²) in [6.45, 7) is 11.2. The van der Waals surface area contributed by atoms with Gasteiger partial charge in [0, 0.05) is 32.2 Å². The molecule has 1 unspecified atom stereocenters. The van der Waals surface area contributed by atoms with Crippen LogP contribution >= 0.6 is 24.0 Å². The number of hydrogen-bond acceptors (Lipinski definition) is 4. The number of nitrogens with zero attached hydrogens (tertiary/aromatic N) is 2. The molecule has 1 atom stereocenters. The predicted molar refractivity (Wildman–Crippen MR) is 129 cm³/mol. The molecule has 1 saturated heterocycles. The van der Waals surface area contributed by atoms with Crippen LogP contribution in [0.2, 0.25) is 0 Å². The fraction of sp³-hybridized carbons (Fsp3) is 0.682. The summed E-state index contributed by atoms with van der Waals surface area (Å²) in [5.74, 6) is 1.33. The Morgan fingerprint density at radius 2 is 2.03 bits per heavy atom. The van der Waals surface area contributed by atoms with Crippen molar-refractivity contribution in [2.75, 3.05) is 46.5 Å². The number of guanidine groups is 1. The molecule has 1 aromatic carbocycles. The molecule has 1 aliphatic carbocycles. The molecule has 1 heterocycles. The first-order valence-electron chi connectivity index (χ1n) is 10.6. The maximum absolute atomic E-state index is 14.4. The fourth-order valence-corrected chi connectivity index (χ4v) is 3.46. The third-order valence-electron chi connectivity index (χ3n) is 5.76. The van der Waals surface area contributed by atoms with E-state index in [-0.39, 0.29) is 41.4 Å². The Balaban J connectivity index is 0.00000320. The lowest BCUT2D eigenvalue weighted by atomic mass is 10.0. The van der Waals surface area contributed by atoms with Crippen LogP contribution in [-0.2, 0) is 4.74 Å². The van der Waals surface area contributed by atoms with Crippen molar-refractivity contribution in [3.05, 3.63) is 29.6 Å². The van der Waals surface area contributed by atoms with E-state index in [1.165, 1.54) is 12.8 Å². The second-order valence-corrected chi connectivity index (χ2v) is 8.65. The molecule has 0 amide bonds. The summed E-state index contributed by atoms with van der Waals surface area (Å²) in [7, 11) is 1.75. The number of ether oxygens (including phenoxy) is 2. The van der Waals surface area contributed by atoms with Gasteiger partial charge < -0.3 is 20.1 Å². The lowest BCUT2D eigenvalue weighted by molar-refractivity contribution is -0.00834. The zero-order valence-corrected chi connectivity index (χ0v) is 20.9. The minimum absolute atomic E-state index is 0. The zero-order chi connectivity index (χ0) is 20.9. The van der Waals surface area contributed by atoms with Crippen LogP contribution in [0.5, 0.6) is 5.75 Å². The van der Waals surface area contributed by atoms with E-state index in [1.54, 1.807) is 19.2 Å². The second-order valence-electron chi connectivity index (χ2n) is 8.65. The van der Waals surface area contributed by atoms with Gasteiger partial charge in [-0.1, -0.05) is 6.07 Å². The van der Waals surface area contributed by atoms with Crippen LogP contribution in [-0.4, -0.2) is 62.9 Å². The SMILES string of the molecule is CN=C(NCC(C)(C)N1CCOCC1)NC(C)c1ccc(OCC2CC2)c(F)c1.I. The molecule has 0 spiro atoms. The fourth-order valence-electron chi connectivity index (χ4n) is 3.46. The van der Waals surface area contributed by atoms with Crippen molar-refractivity contribution in [3.8, 4) is 5.75 Å². The quantitative estimate of drug-likeness (QED) is 0.304. The third kappa shape index (κ3) is 7.23. The van der Waals surface area contributed by atoms with Crippen LogP contribution in [0, 0.1) is 11.7 Å². The van der Waals surface area contributed by atoms with Crippen LogP contribution < -0.4 is 15.4 Å². The highest BCUT2D eigenvalue weighted by atomic mass is 127. The van der Waals surface area contributed by atoms with Crippen LogP contribution in [0.3, 0.4) is 0 Å². The maximum atomic E-state index is 14.4. The van der Waals surface area contributed by atoms with Gasteiger partial charge in [-0.05, 0) is 57.2 Å². The van der Waals surface area contributed by atoms with Gasteiger partial charge in [0.05, 0.1) is 25.9 Å². The monoisotopic (exact) mass is 534 g/mol. The number of hydrogen-bond donors (Lipinski definition) is 2. The molecule has 30 heavy (non-hydrogen) atoms. The first-order chi connectivity index (χ1) is 13.9. The van der Waals surface area contributed by atoms with Gasteiger partial charge in [-0.15, -0.1) is 24.0 Å². The standard InChI is InChI=1S/C22H35FN4O2.HI/c1-16(18-7-8-20(19(23)13-18)29-14-17-5-6-17)26-21(24-4)25-15-22(2,3)27-9-11-28-12-10-27;/h7-8,13,16-17H,5-6,9-12,14-15H2,1-4H3,(H2,24,25,26);1H. The number of aliphatic imine (C=N–C) groups is 1. The molecule has 1 aromatic rings. The highest BCUT2D eigenvalue weighted by Crippen LogP contribution is 2.30. The van der Waals surface area contributed by atoms with Crippen molar-refractivity contribution >= 4 is 29.9 Å². The topological polar surface area (TPSA) is 58.1 Å². The molecule has 6 nitrogen and oxygen atoms in total. The molecule has 8 heteroatoms. The molecule has 3 rings (SSSR count). The van der Waals surface area contributed by atoms with E-state index in [2.05, 4.69) is 34.4 Å². The van der Waals surface area contributed by atoms with E-state index < -0.39 is 0 Å². The Labute approximate surface area is 197 Å². The molecule has 2 fully saturated rings. The lowest BCUT2D eigenvalue weighted by Crippen LogP contribution is -2.56. The Morgan fingerprint density at radius 1 is 1.33 bits per heavy atom. The Bertz CT molecular complexity index is 706. The maximum Gasteiger partial charge on any atom is 0.191 e. The highest BCUT2D eigenvalue weighted by molar-refractivity contribution is 14.0. The van der Waals surface area contributed by atoms with Crippen LogP contribution in [0.1, 0.15) is 45.2 Å². The van der Waals surface area contributed by atoms with Gasteiger partial charge in [-0.2, -0.15) is 0 Å². The largest absolute Gasteiger partial charge is 0.490 e. The lowest BCUT2D eigenvalue weighted by Gasteiger charge is -2.41.